The minimum atomic E-state index is -0.102. The Hall–Kier alpha value is -1.39. The number of hydrogen-bond donors (Lipinski definition) is 1. The summed E-state index contributed by atoms with van der Waals surface area (Å²) in [5, 5.41) is 9.19. The van der Waals surface area contributed by atoms with Crippen LogP contribution in [0.25, 0.3) is 0 Å². The summed E-state index contributed by atoms with van der Waals surface area (Å²) in [7, 11) is 0. The van der Waals surface area contributed by atoms with Crippen LogP contribution >= 0.6 is 11.6 Å². The summed E-state index contributed by atoms with van der Waals surface area (Å²) in [5.41, 5.74) is 6.68. The third-order valence-corrected chi connectivity index (χ3v) is 3.33. The number of halogens is 1. The monoisotopic (exact) mass is 278 g/mol. The second-order valence-electron chi connectivity index (χ2n) is 5.51. The summed E-state index contributed by atoms with van der Waals surface area (Å²) in [6.07, 6.45) is 0.657. The molecule has 0 aliphatic heterocycles. The first-order valence-corrected chi connectivity index (χ1v) is 6.68. The van der Waals surface area contributed by atoms with E-state index in [1.165, 1.54) is 0 Å². The molecule has 0 atom stereocenters. The summed E-state index contributed by atoms with van der Waals surface area (Å²) in [6.45, 7) is 6.73. The fourth-order valence-electron chi connectivity index (χ4n) is 2.19. The molecule has 4 nitrogen and oxygen atoms in total. The van der Waals surface area contributed by atoms with Gasteiger partial charge in [-0.25, -0.2) is 0 Å². The smallest absolute Gasteiger partial charge is 0.147 e. The van der Waals surface area contributed by atoms with E-state index in [4.69, 9.17) is 17.3 Å². The van der Waals surface area contributed by atoms with Crippen molar-refractivity contribution in [3.63, 3.8) is 0 Å². The molecule has 5 heteroatoms. The van der Waals surface area contributed by atoms with Crippen LogP contribution in [-0.4, -0.2) is 14.8 Å². The molecule has 0 aliphatic rings. The molecule has 0 saturated carbocycles. The van der Waals surface area contributed by atoms with Gasteiger partial charge < -0.3 is 10.3 Å². The number of nitrogens with zero attached hydrogens (tertiary/aromatic N) is 3. The van der Waals surface area contributed by atoms with Crippen LogP contribution < -0.4 is 5.73 Å². The minimum absolute atomic E-state index is 0.102. The van der Waals surface area contributed by atoms with Crippen molar-refractivity contribution in [1.82, 2.24) is 14.8 Å². The zero-order valence-corrected chi connectivity index (χ0v) is 12.3. The summed E-state index contributed by atoms with van der Waals surface area (Å²) in [4.78, 5) is 0. The normalized spacial score (nSPS) is 11.8. The Balaban J connectivity index is 2.42. The Morgan fingerprint density at radius 1 is 1.16 bits per heavy atom. The first-order chi connectivity index (χ1) is 8.93. The van der Waals surface area contributed by atoms with Gasteiger partial charge in [0, 0.05) is 17.0 Å². The standard InChI is InChI=1S/C14H19ClN4/c1-14(2,3)19-12(17-18-13(19)9-16)8-10-6-4-5-7-11(10)15/h4-7H,8-9,16H2,1-3H3. The van der Waals surface area contributed by atoms with Crippen LogP contribution in [-0.2, 0) is 18.5 Å². The van der Waals surface area contributed by atoms with Crippen molar-refractivity contribution in [2.24, 2.45) is 5.73 Å². The summed E-state index contributed by atoms with van der Waals surface area (Å²) in [5.74, 6) is 1.69. The molecular weight excluding hydrogens is 260 g/mol. The van der Waals surface area contributed by atoms with Gasteiger partial charge in [-0.2, -0.15) is 0 Å². The van der Waals surface area contributed by atoms with Crippen LogP contribution in [0.1, 0.15) is 38.0 Å². The van der Waals surface area contributed by atoms with E-state index in [2.05, 4.69) is 35.5 Å². The first kappa shape index (κ1) is 14.0. The molecule has 2 N–H and O–H groups in total. The number of aromatic nitrogens is 3. The van der Waals surface area contributed by atoms with E-state index >= 15 is 0 Å². The van der Waals surface area contributed by atoms with Crippen LogP contribution in [0.2, 0.25) is 5.02 Å². The van der Waals surface area contributed by atoms with Crippen molar-refractivity contribution in [1.29, 1.82) is 0 Å². The minimum Gasteiger partial charge on any atom is -0.324 e. The molecule has 0 amide bonds. The summed E-state index contributed by atoms with van der Waals surface area (Å²) < 4.78 is 2.09. The molecule has 0 radical (unpaired) electrons. The van der Waals surface area contributed by atoms with Gasteiger partial charge in [0.05, 0.1) is 6.54 Å². The van der Waals surface area contributed by atoms with E-state index in [1.54, 1.807) is 0 Å². The molecule has 19 heavy (non-hydrogen) atoms. The molecule has 0 aliphatic carbocycles. The quantitative estimate of drug-likeness (QED) is 0.939. The van der Waals surface area contributed by atoms with Gasteiger partial charge in [-0.3, -0.25) is 0 Å². The molecule has 102 valence electrons. The molecule has 2 rings (SSSR count). The Kier molecular flexibility index (Phi) is 3.92. The maximum Gasteiger partial charge on any atom is 0.147 e. The molecule has 1 aromatic heterocycles. The van der Waals surface area contributed by atoms with E-state index < -0.39 is 0 Å². The summed E-state index contributed by atoms with van der Waals surface area (Å²) in [6, 6.07) is 7.79. The summed E-state index contributed by atoms with van der Waals surface area (Å²) >= 11 is 6.20. The zero-order valence-electron chi connectivity index (χ0n) is 11.5. The number of nitrogens with two attached hydrogens (primary N) is 1. The average molecular weight is 279 g/mol. The third-order valence-electron chi connectivity index (χ3n) is 2.96. The molecule has 0 spiro atoms. The van der Waals surface area contributed by atoms with E-state index in [-0.39, 0.29) is 5.54 Å². The Bertz CT molecular complexity index is 569. The van der Waals surface area contributed by atoms with Crippen LogP contribution in [0.3, 0.4) is 0 Å². The highest BCUT2D eigenvalue weighted by molar-refractivity contribution is 6.31. The van der Waals surface area contributed by atoms with Crippen LogP contribution in [0, 0.1) is 0 Å². The molecule has 0 unspecified atom stereocenters. The lowest BCUT2D eigenvalue weighted by Gasteiger charge is -2.24. The number of hydrogen-bond acceptors (Lipinski definition) is 3. The zero-order chi connectivity index (χ0) is 14.0. The predicted octanol–water partition coefficient (Wildman–Crippen LogP) is 2.74. The topological polar surface area (TPSA) is 56.7 Å². The predicted molar refractivity (Wildman–Crippen MR) is 77.2 cm³/mol. The van der Waals surface area contributed by atoms with E-state index in [0.717, 1.165) is 22.2 Å². The molecule has 1 aromatic carbocycles. The van der Waals surface area contributed by atoms with Gasteiger partial charge in [0.15, 0.2) is 0 Å². The highest BCUT2D eigenvalue weighted by atomic mass is 35.5. The van der Waals surface area contributed by atoms with Crippen molar-refractivity contribution in [2.75, 3.05) is 0 Å². The largest absolute Gasteiger partial charge is 0.324 e. The van der Waals surface area contributed by atoms with Gasteiger partial charge in [-0.15, -0.1) is 10.2 Å². The Morgan fingerprint density at radius 2 is 1.79 bits per heavy atom. The molecule has 2 aromatic rings. The van der Waals surface area contributed by atoms with Gasteiger partial charge in [-0.05, 0) is 32.4 Å². The number of rotatable bonds is 3. The Labute approximate surface area is 118 Å². The second kappa shape index (κ2) is 5.31. The fraction of sp³-hybridized carbons (Fsp3) is 0.429. The van der Waals surface area contributed by atoms with Crippen LogP contribution in [0.5, 0.6) is 0 Å². The molecule has 0 fully saturated rings. The van der Waals surface area contributed by atoms with Crippen molar-refractivity contribution in [2.45, 2.75) is 39.3 Å². The van der Waals surface area contributed by atoms with Crippen molar-refractivity contribution >= 4 is 11.6 Å². The second-order valence-corrected chi connectivity index (χ2v) is 5.92. The van der Waals surface area contributed by atoms with E-state index in [9.17, 15) is 0 Å². The van der Waals surface area contributed by atoms with Crippen molar-refractivity contribution in [3.05, 3.63) is 46.5 Å². The fourth-order valence-corrected chi connectivity index (χ4v) is 2.39. The van der Waals surface area contributed by atoms with Gasteiger partial charge in [-0.1, -0.05) is 29.8 Å². The first-order valence-electron chi connectivity index (χ1n) is 6.30. The maximum atomic E-state index is 6.20. The van der Waals surface area contributed by atoms with Gasteiger partial charge in [0.2, 0.25) is 0 Å². The van der Waals surface area contributed by atoms with Crippen molar-refractivity contribution < 1.29 is 0 Å². The molecule has 0 saturated heterocycles. The molecule has 0 bridgehead atoms. The molecule has 1 heterocycles. The lowest BCUT2D eigenvalue weighted by molar-refractivity contribution is 0.371. The lowest BCUT2D eigenvalue weighted by Crippen LogP contribution is -2.27. The van der Waals surface area contributed by atoms with Crippen LogP contribution in [0.4, 0.5) is 0 Å². The van der Waals surface area contributed by atoms with Crippen LogP contribution in [0.15, 0.2) is 24.3 Å². The SMILES string of the molecule is CC(C)(C)n1c(CN)nnc1Cc1ccccc1Cl. The molecular formula is C14H19ClN4. The Morgan fingerprint density at radius 3 is 2.37 bits per heavy atom. The maximum absolute atomic E-state index is 6.20. The van der Waals surface area contributed by atoms with Crippen molar-refractivity contribution in [3.8, 4) is 0 Å². The average Bonchev–Trinajstić information content (AvgIpc) is 2.75. The highest BCUT2D eigenvalue weighted by Crippen LogP contribution is 2.23. The van der Waals surface area contributed by atoms with Gasteiger partial charge in [0.25, 0.3) is 0 Å². The number of benzene rings is 1. The third kappa shape index (κ3) is 2.96. The van der Waals surface area contributed by atoms with Gasteiger partial charge >= 0.3 is 0 Å². The highest BCUT2D eigenvalue weighted by Gasteiger charge is 2.22. The van der Waals surface area contributed by atoms with Gasteiger partial charge in [0.1, 0.15) is 11.6 Å². The lowest BCUT2D eigenvalue weighted by atomic mass is 10.1. The van der Waals surface area contributed by atoms with E-state index in [1.807, 2.05) is 24.3 Å². The van der Waals surface area contributed by atoms with E-state index in [0.29, 0.717) is 13.0 Å².